The molecular weight excluding hydrogens is 765 g/mol. The summed E-state index contributed by atoms with van der Waals surface area (Å²) in [7, 11) is 0. The molecule has 0 aromatic heterocycles. The largest absolute Gasteiger partial charge is 0.0987 e. The van der Waals surface area contributed by atoms with Crippen LogP contribution in [0, 0.1) is 0 Å². The van der Waals surface area contributed by atoms with E-state index in [9.17, 15) is 0 Å². The zero-order valence-electron chi connectivity index (χ0n) is 33.2. The fourth-order valence-corrected chi connectivity index (χ4v) is 11.2. The van der Waals surface area contributed by atoms with Crippen LogP contribution in [0.5, 0.6) is 0 Å². The summed E-state index contributed by atoms with van der Waals surface area (Å²) in [5.74, 6) is 0. The van der Waals surface area contributed by atoms with Crippen molar-refractivity contribution in [1.82, 2.24) is 0 Å². The van der Waals surface area contributed by atoms with Crippen molar-refractivity contribution in [3.05, 3.63) is 197 Å². The van der Waals surface area contributed by atoms with Crippen molar-refractivity contribution in [1.29, 1.82) is 0 Å². The van der Waals surface area contributed by atoms with Crippen molar-refractivity contribution in [3.63, 3.8) is 0 Å². The fraction of sp³-hybridized carbons (Fsp3) is 0.0877. The van der Waals surface area contributed by atoms with Crippen LogP contribution in [-0.2, 0) is 5.41 Å². The molecular formula is C57H41Br. The first-order valence-corrected chi connectivity index (χ1v) is 21.1. The van der Waals surface area contributed by atoms with Crippen LogP contribution >= 0.6 is 15.9 Å². The Labute approximate surface area is 348 Å². The van der Waals surface area contributed by atoms with Gasteiger partial charge in [-0.25, -0.2) is 0 Å². The van der Waals surface area contributed by atoms with E-state index in [1.807, 2.05) is 6.08 Å². The lowest BCUT2D eigenvalue weighted by Crippen LogP contribution is -2.16. The molecule has 0 heterocycles. The van der Waals surface area contributed by atoms with E-state index in [2.05, 4.69) is 202 Å². The molecule has 1 heteroatoms. The number of hydrogen-bond acceptors (Lipinski definition) is 0. The van der Waals surface area contributed by atoms with Gasteiger partial charge in [0, 0.05) is 9.89 Å². The van der Waals surface area contributed by atoms with Crippen LogP contribution in [0.25, 0.3) is 104 Å². The average molecular weight is 806 g/mol. The average Bonchev–Trinajstić information content (AvgIpc) is 3.80. The van der Waals surface area contributed by atoms with Gasteiger partial charge in [0.2, 0.25) is 0 Å². The molecule has 0 saturated heterocycles. The topological polar surface area (TPSA) is 0 Å². The molecule has 3 aliphatic rings. The predicted octanol–water partition coefficient (Wildman–Crippen LogP) is 16.8. The number of rotatable bonds is 6. The molecule has 0 spiro atoms. The zero-order valence-corrected chi connectivity index (χ0v) is 34.8. The lowest BCUT2D eigenvalue weighted by molar-refractivity contribution is 0.655. The summed E-state index contributed by atoms with van der Waals surface area (Å²) in [5.41, 5.74) is 20.1. The van der Waals surface area contributed by atoms with E-state index < -0.39 is 0 Å². The minimum atomic E-state index is -0.231. The normalized spacial score (nSPS) is 15.0. The molecule has 276 valence electrons. The van der Waals surface area contributed by atoms with Crippen molar-refractivity contribution in [3.8, 4) is 44.5 Å². The maximum absolute atomic E-state index is 4.36. The van der Waals surface area contributed by atoms with Gasteiger partial charge in [0.25, 0.3) is 0 Å². The molecule has 0 unspecified atom stereocenters. The number of hydrogen-bond donors (Lipinski definition) is 0. The highest BCUT2D eigenvalue weighted by Crippen LogP contribution is 2.56. The molecule has 0 nitrogen and oxygen atoms in total. The Kier molecular flexibility index (Phi) is 7.59. The van der Waals surface area contributed by atoms with E-state index in [0.29, 0.717) is 0 Å². The van der Waals surface area contributed by atoms with Crippen molar-refractivity contribution < 1.29 is 0 Å². The SMILES string of the molecule is C=CC1=C(/C=C\C)c2ccc(-c3c4ccc(Br)cc4c(-c4ccc5c6c(cccc46)-c4ccccc4-5)c4cc5c(cc34)C(/C=C\C)=C(C=C)C5(C)C)c3cccc1c23. The highest BCUT2D eigenvalue weighted by Gasteiger charge is 2.37. The summed E-state index contributed by atoms with van der Waals surface area (Å²) >= 11 is 3.95. The van der Waals surface area contributed by atoms with Gasteiger partial charge in [-0.05, 0) is 170 Å². The summed E-state index contributed by atoms with van der Waals surface area (Å²) in [4.78, 5) is 0. The van der Waals surface area contributed by atoms with Gasteiger partial charge in [-0.15, -0.1) is 0 Å². The van der Waals surface area contributed by atoms with E-state index in [4.69, 9.17) is 0 Å². The van der Waals surface area contributed by atoms with Gasteiger partial charge in [-0.1, -0.05) is 170 Å². The molecule has 0 amide bonds. The molecule has 0 bridgehead atoms. The second-order valence-corrected chi connectivity index (χ2v) is 17.3. The molecule has 8 aromatic rings. The number of halogens is 1. The third-order valence-electron chi connectivity index (χ3n) is 13.2. The van der Waals surface area contributed by atoms with Crippen molar-refractivity contribution in [2.45, 2.75) is 33.1 Å². The number of fused-ring (bicyclic) bond motifs is 6. The van der Waals surface area contributed by atoms with Crippen LogP contribution in [0.3, 0.4) is 0 Å². The van der Waals surface area contributed by atoms with Gasteiger partial charge in [-0.2, -0.15) is 0 Å². The summed E-state index contributed by atoms with van der Waals surface area (Å²) in [5, 5.41) is 10.2. The summed E-state index contributed by atoms with van der Waals surface area (Å²) in [6.07, 6.45) is 12.9. The second-order valence-electron chi connectivity index (χ2n) is 16.4. The first kappa shape index (κ1) is 34.9. The lowest BCUT2D eigenvalue weighted by atomic mass is 9.78. The van der Waals surface area contributed by atoms with Crippen LogP contribution in [-0.4, -0.2) is 0 Å². The Bertz CT molecular complexity index is 3320. The predicted molar refractivity (Wildman–Crippen MR) is 256 cm³/mol. The third-order valence-corrected chi connectivity index (χ3v) is 13.7. The third kappa shape index (κ3) is 4.51. The van der Waals surface area contributed by atoms with Crippen molar-refractivity contribution in [2.24, 2.45) is 0 Å². The fourth-order valence-electron chi connectivity index (χ4n) is 10.9. The summed E-state index contributed by atoms with van der Waals surface area (Å²) < 4.78 is 1.06. The molecule has 0 fully saturated rings. The molecule has 0 saturated carbocycles. The van der Waals surface area contributed by atoms with Crippen LogP contribution < -0.4 is 0 Å². The van der Waals surface area contributed by atoms with Gasteiger partial charge < -0.3 is 0 Å². The van der Waals surface area contributed by atoms with E-state index in [0.717, 1.165) is 4.47 Å². The van der Waals surface area contributed by atoms with Gasteiger partial charge >= 0.3 is 0 Å². The molecule has 8 aromatic carbocycles. The Morgan fingerprint density at radius 1 is 0.448 bits per heavy atom. The highest BCUT2D eigenvalue weighted by molar-refractivity contribution is 9.10. The Balaban J connectivity index is 1.33. The molecule has 11 rings (SSSR count). The summed E-state index contributed by atoms with van der Waals surface area (Å²) in [6.45, 7) is 17.5. The minimum Gasteiger partial charge on any atom is -0.0987 e. The quantitative estimate of drug-likeness (QED) is 0.147. The van der Waals surface area contributed by atoms with Crippen molar-refractivity contribution >= 4 is 75.7 Å². The van der Waals surface area contributed by atoms with Crippen LogP contribution in [0.1, 0.15) is 49.9 Å². The maximum Gasteiger partial charge on any atom is 0.0181 e. The zero-order chi connectivity index (χ0) is 39.6. The molecule has 0 N–H and O–H groups in total. The lowest BCUT2D eigenvalue weighted by Gasteiger charge is -2.25. The number of benzene rings is 8. The van der Waals surface area contributed by atoms with E-state index in [1.54, 1.807) is 0 Å². The van der Waals surface area contributed by atoms with Crippen molar-refractivity contribution in [2.75, 3.05) is 0 Å². The van der Waals surface area contributed by atoms with Gasteiger partial charge in [-0.3, -0.25) is 0 Å². The Morgan fingerprint density at radius 3 is 1.66 bits per heavy atom. The molecule has 0 radical (unpaired) electrons. The first-order valence-electron chi connectivity index (χ1n) is 20.3. The second kappa shape index (κ2) is 12.6. The Hall–Kier alpha value is -6.28. The monoisotopic (exact) mass is 804 g/mol. The molecule has 0 aliphatic heterocycles. The van der Waals surface area contributed by atoms with E-state index in [1.165, 1.54) is 132 Å². The highest BCUT2D eigenvalue weighted by atomic mass is 79.9. The Morgan fingerprint density at radius 2 is 0.983 bits per heavy atom. The summed E-state index contributed by atoms with van der Waals surface area (Å²) in [6, 6.07) is 43.9. The van der Waals surface area contributed by atoms with Crippen LogP contribution in [0.2, 0.25) is 0 Å². The standard InChI is InChI=1S/C57H41Br/c1-7-15-34-33(9-3)38-19-13-21-40-44(27-25-42(34)53(38)40)55-46-24-23-32(58)29-48(46)56(50-31-52-47(30-49(50)55)37(16-8-2)51(10-4)57(52,5)6)45-28-26-43-36-18-12-11-17-35(36)39-20-14-22-41(45)54(39)43/h7-31H,3-4H2,1-2,5-6H3/b15-7-,16-8-. The van der Waals surface area contributed by atoms with Gasteiger partial charge in [0.05, 0.1) is 0 Å². The van der Waals surface area contributed by atoms with Crippen LogP contribution in [0.15, 0.2) is 175 Å². The molecule has 58 heavy (non-hydrogen) atoms. The van der Waals surface area contributed by atoms with E-state index >= 15 is 0 Å². The van der Waals surface area contributed by atoms with Crippen LogP contribution in [0.4, 0.5) is 0 Å². The van der Waals surface area contributed by atoms with E-state index in [-0.39, 0.29) is 5.41 Å². The molecule has 0 atom stereocenters. The van der Waals surface area contributed by atoms with Gasteiger partial charge in [0.1, 0.15) is 0 Å². The maximum atomic E-state index is 4.36. The van der Waals surface area contributed by atoms with Gasteiger partial charge in [0.15, 0.2) is 0 Å². The minimum absolute atomic E-state index is 0.231. The smallest absolute Gasteiger partial charge is 0.0181 e. The number of allylic oxidation sites excluding steroid dienone is 10. The first-order chi connectivity index (χ1) is 28.3. The molecule has 3 aliphatic carbocycles.